The second kappa shape index (κ2) is 12.5. The maximum atomic E-state index is 13.1. The number of nitrogens with zero attached hydrogens (tertiary/aromatic N) is 1. The Morgan fingerprint density at radius 3 is 1.71 bits per heavy atom. The Kier molecular flexibility index (Phi) is 9.32. The predicted octanol–water partition coefficient (Wildman–Crippen LogP) is 4.27. The van der Waals surface area contributed by atoms with Crippen LogP contribution in [-0.2, 0) is 38.0 Å². The molecular formula is C26H18F6N2O7. The van der Waals surface area contributed by atoms with Crippen LogP contribution < -0.4 is 5.32 Å². The van der Waals surface area contributed by atoms with Crippen molar-refractivity contribution in [2.45, 2.75) is 31.1 Å². The molecule has 0 aliphatic heterocycles. The number of carbonyl (C=O) groups is 4. The Morgan fingerprint density at radius 2 is 1.27 bits per heavy atom. The molecule has 3 aromatic rings. The van der Waals surface area contributed by atoms with Gasteiger partial charge in [-0.3, -0.25) is 9.78 Å². The third-order valence-electron chi connectivity index (χ3n) is 5.27. The summed E-state index contributed by atoms with van der Waals surface area (Å²) in [6.45, 7) is -0.342. The third kappa shape index (κ3) is 8.27. The lowest BCUT2D eigenvalue weighted by Crippen LogP contribution is -2.50. The van der Waals surface area contributed by atoms with E-state index in [1.165, 1.54) is 12.3 Å². The fraction of sp³-hybridized carbons (Fsp3) is 0.192. The number of carboxylic acids is 1. The van der Waals surface area contributed by atoms with Gasteiger partial charge in [0.05, 0.1) is 34.5 Å². The number of rotatable bonds is 9. The summed E-state index contributed by atoms with van der Waals surface area (Å²) in [6.07, 6.45) is -13.5. The van der Waals surface area contributed by atoms with Crippen LogP contribution in [0.1, 0.15) is 37.5 Å². The van der Waals surface area contributed by atoms with Crippen molar-refractivity contribution in [3.63, 3.8) is 0 Å². The van der Waals surface area contributed by atoms with Gasteiger partial charge in [0.2, 0.25) is 12.2 Å². The molecule has 216 valence electrons. The Labute approximate surface area is 226 Å². The molecule has 1 aromatic heterocycles. The highest BCUT2D eigenvalue weighted by atomic mass is 19.4. The van der Waals surface area contributed by atoms with Gasteiger partial charge in [-0.15, -0.1) is 0 Å². The number of nitrogens with one attached hydrogen (secondary N) is 1. The van der Waals surface area contributed by atoms with Crippen molar-refractivity contribution >= 4 is 23.8 Å². The van der Waals surface area contributed by atoms with E-state index in [4.69, 9.17) is 9.47 Å². The topological polar surface area (TPSA) is 132 Å². The molecule has 2 aromatic carbocycles. The quantitative estimate of drug-likeness (QED) is 0.282. The van der Waals surface area contributed by atoms with Crippen molar-refractivity contribution in [2.75, 3.05) is 0 Å². The molecule has 0 fully saturated rings. The van der Waals surface area contributed by atoms with E-state index in [1.807, 2.05) is 0 Å². The Balaban J connectivity index is 1.92. The first-order valence-corrected chi connectivity index (χ1v) is 11.3. The van der Waals surface area contributed by atoms with Crippen LogP contribution in [0.3, 0.4) is 0 Å². The fourth-order valence-corrected chi connectivity index (χ4v) is 3.29. The van der Waals surface area contributed by atoms with Crippen molar-refractivity contribution < 1.29 is 60.1 Å². The van der Waals surface area contributed by atoms with E-state index in [-0.39, 0.29) is 12.2 Å². The number of alkyl halides is 6. The van der Waals surface area contributed by atoms with Gasteiger partial charge in [-0.05, 0) is 48.5 Å². The molecule has 0 saturated heterocycles. The maximum Gasteiger partial charge on any atom is 0.416 e. The third-order valence-corrected chi connectivity index (χ3v) is 5.27. The van der Waals surface area contributed by atoms with Crippen LogP contribution in [0.2, 0.25) is 0 Å². The monoisotopic (exact) mass is 584 g/mol. The number of aliphatic carboxylic acids is 1. The first kappa shape index (κ1) is 30.6. The predicted molar refractivity (Wildman–Crippen MR) is 125 cm³/mol. The van der Waals surface area contributed by atoms with Crippen molar-refractivity contribution in [3.8, 4) is 0 Å². The largest absolute Gasteiger partial charge is 0.478 e. The Hall–Kier alpha value is -4.95. The molecule has 0 spiro atoms. The molecule has 2 atom stereocenters. The molecule has 3 rings (SSSR count). The van der Waals surface area contributed by atoms with E-state index in [0.29, 0.717) is 24.3 Å². The molecule has 0 bridgehead atoms. The van der Waals surface area contributed by atoms with E-state index in [9.17, 15) is 50.6 Å². The number of carboxylic acid groups (broad SMARTS) is 1. The molecular weight excluding hydrogens is 566 g/mol. The molecule has 9 nitrogen and oxygen atoms in total. The Morgan fingerprint density at radius 1 is 0.756 bits per heavy atom. The smallest absolute Gasteiger partial charge is 0.416 e. The number of pyridine rings is 1. The van der Waals surface area contributed by atoms with Gasteiger partial charge < -0.3 is 19.9 Å². The zero-order chi connectivity index (χ0) is 30.4. The standard InChI is InChI=1S/C26H18F6N2O7/c27-25(28,29)16-7-3-5-14(11-16)23(38)40-19(21(35)34-13-18-9-1-2-10-33-18)20(22(36)37)41-24(39)15-6-4-8-17(12-15)26(30,31)32/h1-12,19-20H,13H2,(H,34,35)(H,36,37)/t19-,20-/m0/s1. The number of carbonyl (C=O) groups excluding carboxylic acids is 3. The highest BCUT2D eigenvalue weighted by molar-refractivity contribution is 5.97. The highest BCUT2D eigenvalue weighted by Crippen LogP contribution is 2.31. The summed E-state index contributed by atoms with van der Waals surface area (Å²) in [5.74, 6) is -6.63. The molecule has 0 saturated carbocycles. The van der Waals surface area contributed by atoms with E-state index < -0.39 is 70.6 Å². The van der Waals surface area contributed by atoms with Gasteiger partial charge in [0, 0.05) is 6.20 Å². The first-order chi connectivity index (χ1) is 19.2. The molecule has 41 heavy (non-hydrogen) atoms. The van der Waals surface area contributed by atoms with Crippen LogP contribution in [0.15, 0.2) is 72.9 Å². The van der Waals surface area contributed by atoms with Crippen molar-refractivity contribution in [1.82, 2.24) is 10.3 Å². The van der Waals surface area contributed by atoms with Crippen molar-refractivity contribution in [1.29, 1.82) is 0 Å². The lowest BCUT2D eigenvalue weighted by Gasteiger charge is -2.23. The number of benzene rings is 2. The van der Waals surface area contributed by atoms with Gasteiger partial charge in [-0.1, -0.05) is 18.2 Å². The average Bonchev–Trinajstić information content (AvgIpc) is 2.93. The summed E-state index contributed by atoms with van der Waals surface area (Å²) < 4.78 is 88.1. The van der Waals surface area contributed by atoms with Crippen LogP contribution in [0.25, 0.3) is 0 Å². The van der Waals surface area contributed by atoms with Crippen molar-refractivity contribution in [2.24, 2.45) is 0 Å². The summed E-state index contributed by atoms with van der Waals surface area (Å²) in [5.41, 5.74) is -3.73. The van der Waals surface area contributed by atoms with Gasteiger partial charge >= 0.3 is 30.3 Å². The van der Waals surface area contributed by atoms with Crippen LogP contribution in [-0.4, -0.2) is 46.1 Å². The second-order valence-electron chi connectivity index (χ2n) is 8.19. The molecule has 1 heterocycles. The highest BCUT2D eigenvalue weighted by Gasteiger charge is 2.41. The maximum absolute atomic E-state index is 13.1. The average molecular weight is 584 g/mol. The minimum absolute atomic E-state index is 0.261. The molecule has 0 aliphatic carbocycles. The van der Waals surface area contributed by atoms with Crippen LogP contribution in [0, 0.1) is 0 Å². The van der Waals surface area contributed by atoms with Crippen LogP contribution >= 0.6 is 0 Å². The summed E-state index contributed by atoms with van der Waals surface area (Å²) in [7, 11) is 0. The molecule has 0 unspecified atom stereocenters. The van der Waals surface area contributed by atoms with E-state index >= 15 is 0 Å². The summed E-state index contributed by atoms with van der Waals surface area (Å²) in [5, 5.41) is 11.9. The zero-order valence-corrected chi connectivity index (χ0v) is 20.4. The number of aromatic nitrogens is 1. The number of amides is 1. The minimum atomic E-state index is -4.86. The van der Waals surface area contributed by atoms with Crippen LogP contribution in [0.5, 0.6) is 0 Å². The zero-order valence-electron chi connectivity index (χ0n) is 20.4. The number of hydrogen-bond donors (Lipinski definition) is 2. The van der Waals surface area contributed by atoms with Gasteiger partial charge in [0.25, 0.3) is 5.91 Å². The van der Waals surface area contributed by atoms with E-state index in [2.05, 4.69) is 10.3 Å². The lowest BCUT2D eigenvalue weighted by atomic mass is 10.1. The Bertz CT molecular complexity index is 1430. The molecule has 15 heteroatoms. The van der Waals surface area contributed by atoms with Gasteiger partial charge in [-0.25, -0.2) is 14.4 Å². The number of halogens is 6. The van der Waals surface area contributed by atoms with Gasteiger partial charge in [-0.2, -0.15) is 26.3 Å². The normalized spacial score (nSPS) is 13.0. The molecule has 1 amide bonds. The number of hydrogen-bond acceptors (Lipinski definition) is 7. The fourth-order valence-electron chi connectivity index (χ4n) is 3.29. The molecule has 2 N–H and O–H groups in total. The first-order valence-electron chi connectivity index (χ1n) is 11.3. The summed E-state index contributed by atoms with van der Waals surface area (Å²) in [6, 6.07) is 10.1. The van der Waals surface area contributed by atoms with Gasteiger partial charge in [0.1, 0.15) is 0 Å². The van der Waals surface area contributed by atoms with Crippen LogP contribution in [0.4, 0.5) is 26.3 Å². The van der Waals surface area contributed by atoms with Crippen molar-refractivity contribution in [3.05, 3.63) is 101 Å². The lowest BCUT2D eigenvalue weighted by molar-refractivity contribution is -0.159. The number of ether oxygens (including phenoxy) is 2. The number of esters is 2. The second-order valence-corrected chi connectivity index (χ2v) is 8.19. The SMILES string of the molecule is O=C(O[C@H](C(=O)O)[C@H](OC(=O)c1cccc(C(F)(F)F)c1)C(=O)NCc1ccccn1)c1cccc(C(F)(F)F)c1. The molecule has 0 radical (unpaired) electrons. The van der Waals surface area contributed by atoms with E-state index in [1.54, 1.807) is 12.1 Å². The summed E-state index contributed by atoms with van der Waals surface area (Å²) >= 11 is 0. The summed E-state index contributed by atoms with van der Waals surface area (Å²) in [4.78, 5) is 54.2. The minimum Gasteiger partial charge on any atom is -0.478 e. The van der Waals surface area contributed by atoms with Gasteiger partial charge in [0.15, 0.2) is 0 Å². The van der Waals surface area contributed by atoms with E-state index in [0.717, 1.165) is 24.3 Å². The molecule has 0 aliphatic rings.